The van der Waals surface area contributed by atoms with Gasteiger partial charge in [0, 0.05) is 26.0 Å². The highest BCUT2D eigenvalue weighted by atomic mass is 32.1. The van der Waals surface area contributed by atoms with Gasteiger partial charge in [-0.1, -0.05) is 11.2 Å². The molecule has 0 aliphatic rings. The van der Waals surface area contributed by atoms with Crippen LogP contribution in [0.4, 0.5) is 0 Å². The van der Waals surface area contributed by atoms with Gasteiger partial charge >= 0.3 is 0 Å². The van der Waals surface area contributed by atoms with Gasteiger partial charge in [0.25, 0.3) is 0 Å². The third-order valence-electron chi connectivity index (χ3n) is 2.43. The fourth-order valence-electron chi connectivity index (χ4n) is 1.48. The lowest BCUT2D eigenvalue weighted by atomic mass is 10.3. The summed E-state index contributed by atoms with van der Waals surface area (Å²) in [4.78, 5) is 16.6. The molecule has 1 amide bonds. The van der Waals surface area contributed by atoms with Gasteiger partial charge < -0.3 is 14.9 Å². The highest BCUT2D eigenvalue weighted by Gasteiger charge is 2.10. The molecule has 19 heavy (non-hydrogen) atoms. The minimum atomic E-state index is -0.0793. The number of aryl methyl sites for hydroxylation is 1. The van der Waals surface area contributed by atoms with E-state index in [0.29, 0.717) is 37.5 Å². The van der Waals surface area contributed by atoms with Gasteiger partial charge in [0.05, 0.1) is 4.88 Å². The Kier molecular flexibility index (Phi) is 5.05. The first kappa shape index (κ1) is 13.7. The maximum Gasteiger partial charge on any atom is 0.227 e. The fourth-order valence-corrected chi connectivity index (χ4v) is 2.13. The summed E-state index contributed by atoms with van der Waals surface area (Å²) in [5.74, 6) is 0.940. The number of thiophene rings is 1. The van der Waals surface area contributed by atoms with Crippen LogP contribution in [0, 0.1) is 0 Å². The molecule has 0 fully saturated rings. The van der Waals surface area contributed by atoms with E-state index in [0.717, 1.165) is 4.88 Å². The number of nitrogens with one attached hydrogen (secondary N) is 1. The Bertz CT molecular complexity index is 510. The van der Waals surface area contributed by atoms with Crippen molar-refractivity contribution in [2.45, 2.75) is 19.3 Å². The van der Waals surface area contributed by atoms with Crippen LogP contribution in [0.3, 0.4) is 0 Å². The van der Waals surface area contributed by atoms with Crippen LogP contribution >= 0.6 is 11.3 Å². The number of hydrogen-bond acceptors (Lipinski definition) is 6. The topological polar surface area (TPSA) is 88.2 Å². The molecule has 0 atom stereocenters. The van der Waals surface area contributed by atoms with Crippen LogP contribution in [0.5, 0.6) is 0 Å². The Morgan fingerprint density at radius 1 is 1.53 bits per heavy atom. The van der Waals surface area contributed by atoms with Crippen molar-refractivity contribution in [3.63, 3.8) is 0 Å². The first-order chi connectivity index (χ1) is 9.29. The van der Waals surface area contributed by atoms with Gasteiger partial charge in [0.1, 0.15) is 0 Å². The molecule has 0 bridgehead atoms. The van der Waals surface area contributed by atoms with Crippen LogP contribution in [0.1, 0.15) is 18.7 Å². The minimum absolute atomic E-state index is 0.0775. The van der Waals surface area contributed by atoms with E-state index in [-0.39, 0.29) is 12.5 Å². The number of hydrogen-bond donors (Lipinski definition) is 2. The summed E-state index contributed by atoms with van der Waals surface area (Å²) in [5, 5.41) is 17.1. The maximum atomic E-state index is 11.4. The van der Waals surface area contributed by atoms with Crippen molar-refractivity contribution >= 4 is 17.2 Å². The van der Waals surface area contributed by atoms with Crippen LogP contribution in [0.2, 0.25) is 0 Å². The number of carbonyl (C=O) groups is 1. The molecule has 2 aromatic rings. The van der Waals surface area contributed by atoms with Crippen LogP contribution in [0.25, 0.3) is 10.7 Å². The van der Waals surface area contributed by atoms with E-state index in [2.05, 4.69) is 15.5 Å². The van der Waals surface area contributed by atoms with Gasteiger partial charge in [-0.3, -0.25) is 4.79 Å². The van der Waals surface area contributed by atoms with Crippen LogP contribution < -0.4 is 5.32 Å². The molecule has 0 saturated carbocycles. The standard InChI is InChI=1S/C12H15N3O3S/c16-7-2-6-13-10(17)4-5-11-14-12(15-18-11)9-3-1-8-19-9/h1,3,8,16H,2,4-7H2,(H,13,17). The van der Waals surface area contributed by atoms with E-state index in [1.54, 1.807) is 0 Å². The molecule has 2 N–H and O–H groups in total. The highest BCUT2D eigenvalue weighted by Crippen LogP contribution is 2.21. The SMILES string of the molecule is O=C(CCc1nc(-c2cccs2)no1)NCCCO. The van der Waals surface area contributed by atoms with Gasteiger partial charge in [-0.25, -0.2) is 0 Å². The molecular weight excluding hydrogens is 266 g/mol. The number of aliphatic hydroxyl groups is 1. The van der Waals surface area contributed by atoms with E-state index in [1.165, 1.54) is 11.3 Å². The van der Waals surface area contributed by atoms with Crippen molar-refractivity contribution in [1.29, 1.82) is 0 Å². The normalized spacial score (nSPS) is 10.6. The monoisotopic (exact) mass is 281 g/mol. The lowest BCUT2D eigenvalue weighted by Crippen LogP contribution is -2.25. The van der Waals surface area contributed by atoms with Crippen LogP contribution in [0.15, 0.2) is 22.0 Å². The number of rotatable bonds is 7. The number of nitrogens with zero attached hydrogens (tertiary/aromatic N) is 2. The third kappa shape index (κ3) is 4.15. The molecule has 0 unspecified atom stereocenters. The van der Waals surface area contributed by atoms with Gasteiger partial charge in [-0.2, -0.15) is 4.98 Å². The Morgan fingerprint density at radius 2 is 2.42 bits per heavy atom. The molecule has 2 rings (SSSR count). The van der Waals surface area contributed by atoms with Crippen molar-refractivity contribution < 1.29 is 14.4 Å². The van der Waals surface area contributed by atoms with Crippen LogP contribution in [-0.2, 0) is 11.2 Å². The molecule has 2 heterocycles. The van der Waals surface area contributed by atoms with E-state index in [1.807, 2.05) is 17.5 Å². The smallest absolute Gasteiger partial charge is 0.227 e. The minimum Gasteiger partial charge on any atom is -0.396 e. The molecule has 0 aliphatic heterocycles. The van der Waals surface area contributed by atoms with E-state index >= 15 is 0 Å². The Labute approximate surface area is 114 Å². The van der Waals surface area contributed by atoms with Crippen molar-refractivity contribution in [1.82, 2.24) is 15.5 Å². The summed E-state index contributed by atoms with van der Waals surface area (Å²) in [7, 11) is 0. The highest BCUT2D eigenvalue weighted by molar-refractivity contribution is 7.13. The second-order valence-corrected chi connectivity index (χ2v) is 4.86. The molecule has 0 aromatic carbocycles. The van der Waals surface area contributed by atoms with Crippen LogP contribution in [-0.4, -0.2) is 34.3 Å². The van der Waals surface area contributed by atoms with Crippen molar-refractivity contribution in [3.05, 3.63) is 23.4 Å². The summed E-state index contributed by atoms with van der Waals surface area (Å²) in [6.45, 7) is 0.563. The molecule has 6 nitrogen and oxygen atoms in total. The number of amides is 1. The molecule has 102 valence electrons. The second-order valence-electron chi connectivity index (χ2n) is 3.92. The van der Waals surface area contributed by atoms with Gasteiger partial charge in [0.15, 0.2) is 0 Å². The first-order valence-electron chi connectivity index (χ1n) is 6.03. The lowest BCUT2D eigenvalue weighted by Gasteiger charge is -2.01. The Hall–Kier alpha value is -1.73. The molecule has 0 radical (unpaired) electrons. The summed E-state index contributed by atoms with van der Waals surface area (Å²) >= 11 is 1.54. The quantitative estimate of drug-likeness (QED) is 0.745. The predicted molar refractivity (Wildman–Crippen MR) is 70.6 cm³/mol. The zero-order valence-electron chi connectivity index (χ0n) is 10.3. The number of aliphatic hydroxyl groups excluding tert-OH is 1. The summed E-state index contributed by atoms with van der Waals surface area (Å²) in [5.41, 5.74) is 0. The average molecular weight is 281 g/mol. The zero-order valence-corrected chi connectivity index (χ0v) is 11.2. The predicted octanol–water partition coefficient (Wildman–Crippen LogP) is 1.23. The Morgan fingerprint density at radius 3 is 3.16 bits per heavy atom. The number of carbonyl (C=O) groups excluding carboxylic acids is 1. The van der Waals surface area contributed by atoms with Crippen molar-refractivity contribution in [2.75, 3.05) is 13.2 Å². The van der Waals surface area contributed by atoms with Gasteiger partial charge in [0.2, 0.25) is 17.6 Å². The van der Waals surface area contributed by atoms with E-state index in [9.17, 15) is 4.79 Å². The fraction of sp³-hybridized carbons (Fsp3) is 0.417. The average Bonchev–Trinajstić information content (AvgIpc) is 3.07. The van der Waals surface area contributed by atoms with E-state index < -0.39 is 0 Å². The molecule has 7 heteroatoms. The lowest BCUT2D eigenvalue weighted by molar-refractivity contribution is -0.121. The van der Waals surface area contributed by atoms with Crippen molar-refractivity contribution in [2.24, 2.45) is 0 Å². The van der Waals surface area contributed by atoms with Crippen molar-refractivity contribution in [3.8, 4) is 10.7 Å². The van der Waals surface area contributed by atoms with Gasteiger partial charge in [-0.05, 0) is 17.9 Å². The molecule has 0 spiro atoms. The molecule has 0 aliphatic carbocycles. The Balaban J connectivity index is 1.79. The summed E-state index contributed by atoms with van der Waals surface area (Å²) < 4.78 is 5.09. The van der Waals surface area contributed by atoms with Gasteiger partial charge in [-0.15, -0.1) is 11.3 Å². The molecule has 2 aromatic heterocycles. The third-order valence-corrected chi connectivity index (χ3v) is 3.30. The van der Waals surface area contributed by atoms with E-state index in [4.69, 9.17) is 9.63 Å². The first-order valence-corrected chi connectivity index (χ1v) is 6.91. The second kappa shape index (κ2) is 7.01. The zero-order chi connectivity index (χ0) is 13.5. The largest absolute Gasteiger partial charge is 0.396 e. The summed E-state index contributed by atoms with van der Waals surface area (Å²) in [6, 6.07) is 3.84. The molecule has 0 saturated heterocycles. The maximum absolute atomic E-state index is 11.4. The summed E-state index contributed by atoms with van der Waals surface area (Å²) in [6.07, 6.45) is 1.29. The number of aromatic nitrogens is 2. The molecular formula is C12H15N3O3S.